The van der Waals surface area contributed by atoms with Gasteiger partial charge in [0.1, 0.15) is 11.6 Å². The van der Waals surface area contributed by atoms with Gasteiger partial charge < -0.3 is 10.1 Å². The average Bonchev–Trinajstić information content (AvgIpc) is 2.84. The second kappa shape index (κ2) is 5.79. The molecule has 21 heavy (non-hydrogen) atoms. The summed E-state index contributed by atoms with van der Waals surface area (Å²) in [6, 6.07) is 8.26. The third-order valence-corrected chi connectivity index (χ3v) is 4.69. The summed E-state index contributed by atoms with van der Waals surface area (Å²) in [7, 11) is 1.62. The lowest BCUT2D eigenvalue weighted by Crippen LogP contribution is -1.92. The summed E-state index contributed by atoms with van der Waals surface area (Å²) in [5.74, 6) is 0.380. The summed E-state index contributed by atoms with van der Waals surface area (Å²) in [6.45, 7) is 0. The van der Waals surface area contributed by atoms with Crippen LogP contribution in [0.2, 0.25) is 5.02 Å². The molecule has 0 atom stereocenters. The van der Waals surface area contributed by atoms with E-state index in [0.717, 1.165) is 16.0 Å². The molecule has 2 aromatic carbocycles. The molecule has 0 unspecified atom stereocenters. The maximum atomic E-state index is 13.2. The summed E-state index contributed by atoms with van der Waals surface area (Å²) in [5, 5.41) is 4.08. The van der Waals surface area contributed by atoms with Crippen molar-refractivity contribution in [3.8, 4) is 5.75 Å². The Morgan fingerprint density at radius 3 is 2.86 bits per heavy atom. The minimum Gasteiger partial charge on any atom is -0.497 e. The topological polar surface area (TPSA) is 34.1 Å². The van der Waals surface area contributed by atoms with E-state index in [4.69, 9.17) is 16.3 Å². The Kier molecular flexibility index (Phi) is 4.01. The van der Waals surface area contributed by atoms with Crippen LogP contribution in [0.15, 0.2) is 34.8 Å². The van der Waals surface area contributed by atoms with Crippen molar-refractivity contribution in [2.75, 3.05) is 12.4 Å². The number of halogens is 3. The van der Waals surface area contributed by atoms with Crippen LogP contribution in [0.25, 0.3) is 10.2 Å². The molecule has 7 heteroatoms. The lowest BCUT2D eigenvalue weighted by Gasteiger charge is -2.07. The van der Waals surface area contributed by atoms with Gasteiger partial charge >= 0.3 is 0 Å². The van der Waals surface area contributed by atoms with E-state index in [-0.39, 0.29) is 0 Å². The highest BCUT2D eigenvalue weighted by Gasteiger charge is 2.11. The number of hydrogen-bond acceptors (Lipinski definition) is 4. The first kappa shape index (κ1) is 14.6. The van der Waals surface area contributed by atoms with Crippen LogP contribution in [0.1, 0.15) is 0 Å². The number of thiazole rings is 1. The minimum atomic E-state index is -0.397. The largest absolute Gasteiger partial charge is 0.497 e. The molecule has 0 amide bonds. The molecule has 1 heterocycles. The molecule has 0 saturated heterocycles. The fraction of sp³-hybridized carbons (Fsp3) is 0.0714. The van der Waals surface area contributed by atoms with Gasteiger partial charge in [0.05, 0.1) is 28.0 Å². The number of rotatable bonds is 3. The number of anilines is 2. The van der Waals surface area contributed by atoms with Gasteiger partial charge in [-0.2, -0.15) is 0 Å². The minimum absolute atomic E-state index is 0.290. The number of benzene rings is 2. The zero-order valence-electron chi connectivity index (χ0n) is 10.8. The summed E-state index contributed by atoms with van der Waals surface area (Å²) in [6.07, 6.45) is 0. The van der Waals surface area contributed by atoms with E-state index in [1.165, 1.54) is 23.5 Å². The second-order valence-corrected chi connectivity index (χ2v) is 6.51. The summed E-state index contributed by atoms with van der Waals surface area (Å²) < 4.78 is 20.0. The van der Waals surface area contributed by atoms with E-state index >= 15 is 0 Å². The number of fused-ring (bicyclic) bond motifs is 1. The molecule has 3 aromatic rings. The Morgan fingerprint density at radius 2 is 2.14 bits per heavy atom. The monoisotopic (exact) mass is 386 g/mol. The van der Waals surface area contributed by atoms with Crippen molar-refractivity contribution in [1.82, 2.24) is 4.98 Å². The number of nitrogens with one attached hydrogen (secondary N) is 1. The third-order valence-electron chi connectivity index (χ3n) is 2.83. The Balaban J connectivity index is 1.98. The van der Waals surface area contributed by atoms with Gasteiger partial charge in [-0.15, -0.1) is 0 Å². The maximum absolute atomic E-state index is 13.2. The summed E-state index contributed by atoms with van der Waals surface area (Å²) in [4.78, 5) is 4.47. The standard InChI is InChI=1S/C14H9BrClFN2OS/c1-20-8-2-3-11-12(6-8)21-14(18-11)19-13-9(15)4-7(17)5-10(13)16/h2-6H,1H3,(H,18,19). The molecule has 1 aromatic heterocycles. The van der Waals surface area contributed by atoms with Crippen molar-refractivity contribution in [2.45, 2.75) is 0 Å². The van der Waals surface area contributed by atoms with Crippen molar-refractivity contribution in [1.29, 1.82) is 0 Å². The molecule has 0 spiro atoms. The van der Waals surface area contributed by atoms with Crippen LogP contribution < -0.4 is 10.1 Å². The molecule has 108 valence electrons. The van der Waals surface area contributed by atoms with Crippen LogP contribution in [0.5, 0.6) is 5.75 Å². The third kappa shape index (κ3) is 2.97. The zero-order chi connectivity index (χ0) is 15.0. The van der Waals surface area contributed by atoms with Gasteiger partial charge in [0.2, 0.25) is 0 Å². The van der Waals surface area contributed by atoms with E-state index in [1.807, 2.05) is 18.2 Å². The van der Waals surface area contributed by atoms with Crippen LogP contribution >= 0.6 is 38.9 Å². The highest BCUT2D eigenvalue weighted by Crippen LogP contribution is 2.37. The fourth-order valence-electron chi connectivity index (χ4n) is 1.85. The molecule has 0 radical (unpaired) electrons. The fourth-order valence-corrected chi connectivity index (χ4v) is 3.65. The van der Waals surface area contributed by atoms with E-state index in [9.17, 15) is 4.39 Å². The van der Waals surface area contributed by atoms with Crippen molar-refractivity contribution >= 4 is 59.9 Å². The summed E-state index contributed by atoms with van der Waals surface area (Å²) in [5.41, 5.74) is 1.45. The Morgan fingerprint density at radius 1 is 1.33 bits per heavy atom. The van der Waals surface area contributed by atoms with Gasteiger partial charge in [-0.05, 0) is 46.3 Å². The van der Waals surface area contributed by atoms with Crippen molar-refractivity contribution < 1.29 is 9.13 Å². The van der Waals surface area contributed by atoms with Gasteiger partial charge in [0.15, 0.2) is 5.13 Å². The van der Waals surface area contributed by atoms with Crippen molar-refractivity contribution in [2.24, 2.45) is 0 Å². The molecule has 0 saturated carbocycles. The maximum Gasteiger partial charge on any atom is 0.188 e. The first-order valence-electron chi connectivity index (χ1n) is 5.93. The Labute approximate surface area is 137 Å². The van der Waals surface area contributed by atoms with E-state index in [1.54, 1.807) is 7.11 Å². The molecule has 1 N–H and O–H groups in total. The van der Waals surface area contributed by atoms with Gasteiger partial charge in [-0.3, -0.25) is 0 Å². The van der Waals surface area contributed by atoms with E-state index < -0.39 is 5.82 Å². The Hall–Kier alpha value is -1.37. The number of hydrogen-bond donors (Lipinski definition) is 1. The molecule has 0 aliphatic heterocycles. The predicted octanol–water partition coefficient (Wildman–Crippen LogP) is 5.60. The molecule has 0 aliphatic rings. The van der Waals surface area contributed by atoms with Crippen LogP contribution in [-0.4, -0.2) is 12.1 Å². The molecule has 3 rings (SSSR count). The van der Waals surface area contributed by atoms with Crippen LogP contribution in [0.3, 0.4) is 0 Å². The highest BCUT2D eigenvalue weighted by atomic mass is 79.9. The molecule has 0 bridgehead atoms. The number of nitrogens with zero attached hydrogens (tertiary/aromatic N) is 1. The first-order valence-corrected chi connectivity index (χ1v) is 7.91. The smallest absolute Gasteiger partial charge is 0.188 e. The SMILES string of the molecule is COc1ccc2nc(Nc3c(Cl)cc(F)cc3Br)sc2c1. The summed E-state index contributed by atoms with van der Waals surface area (Å²) >= 11 is 10.8. The normalized spacial score (nSPS) is 10.9. The van der Waals surface area contributed by atoms with Gasteiger partial charge in [0, 0.05) is 4.47 Å². The lowest BCUT2D eigenvalue weighted by molar-refractivity contribution is 0.415. The predicted molar refractivity (Wildman–Crippen MR) is 88.6 cm³/mol. The second-order valence-electron chi connectivity index (χ2n) is 4.22. The van der Waals surface area contributed by atoms with Crippen LogP contribution in [0.4, 0.5) is 15.2 Å². The zero-order valence-corrected chi connectivity index (χ0v) is 13.9. The molecule has 0 aliphatic carbocycles. The van der Waals surface area contributed by atoms with Crippen molar-refractivity contribution in [3.63, 3.8) is 0 Å². The quantitative estimate of drug-likeness (QED) is 0.635. The average molecular weight is 388 g/mol. The van der Waals surface area contributed by atoms with E-state index in [0.29, 0.717) is 20.3 Å². The Bertz CT molecular complexity index is 801. The molecular formula is C14H9BrClFN2OS. The lowest BCUT2D eigenvalue weighted by atomic mass is 10.3. The van der Waals surface area contributed by atoms with Gasteiger partial charge in [0.25, 0.3) is 0 Å². The van der Waals surface area contributed by atoms with Crippen LogP contribution in [-0.2, 0) is 0 Å². The number of methoxy groups -OCH3 is 1. The number of ether oxygens (including phenoxy) is 1. The molecular weight excluding hydrogens is 379 g/mol. The van der Waals surface area contributed by atoms with Gasteiger partial charge in [-0.1, -0.05) is 22.9 Å². The molecule has 3 nitrogen and oxygen atoms in total. The number of aromatic nitrogens is 1. The first-order chi connectivity index (χ1) is 10.1. The van der Waals surface area contributed by atoms with Crippen molar-refractivity contribution in [3.05, 3.63) is 45.6 Å². The van der Waals surface area contributed by atoms with Crippen LogP contribution in [0, 0.1) is 5.82 Å². The van der Waals surface area contributed by atoms with E-state index in [2.05, 4.69) is 26.2 Å². The highest BCUT2D eigenvalue weighted by molar-refractivity contribution is 9.10. The van der Waals surface area contributed by atoms with Gasteiger partial charge in [-0.25, -0.2) is 9.37 Å². The molecule has 0 fully saturated rings.